The van der Waals surface area contributed by atoms with Crippen LogP contribution in [0.15, 0.2) is 48.9 Å². The molecule has 1 aliphatic rings. The van der Waals surface area contributed by atoms with E-state index < -0.39 is 11.8 Å². The van der Waals surface area contributed by atoms with Gasteiger partial charge < -0.3 is 19.5 Å². The predicted molar refractivity (Wildman–Crippen MR) is 151 cm³/mol. The Morgan fingerprint density at radius 1 is 1.10 bits per heavy atom. The Hall–Kier alpha value is -4.00. The van der Waals surface area contributed by atoms with Crippen molar-refractivity contribution in [1.29, 1.82) is 0 Å². The minimum absolute atomic E-state index is 0.00583. The van der Waals surface area contributed by atoms with Crippen LogP contribution >= 0.6 is 11.3 Å². The lowest BCUT2D eigenvalue weighted by Gasteiger charge is -2.35. The van der Waals surface area contributed by atoms with Crippen LogP contribution in [0, 0.1) is 5.92 Å². The molecule has 0 atom stereocenters. The molecule has 4 aromatic rings. The highest BCUT2D eigenvalue weighted by molar-refractivity contribution is 7.22. The summed E-state index contributed by atoms with van der Waals surface area (Å²) < 4.78 is 17.4. The molecular weight excluding hydrogens is 532 g/mol. The largest absolute Gasteiger partial charge is 0.462 e. The summed E-state index contributed by atoms with van der Waals surface area (Å²) in [5.41, 5.74) is 4.14. The number of hydrogen-bond donors (Lipinski definition) is 2. The molecule has 40 heavy (non-hydrogen) atoms. The molecule has 0 radical (unpaired) electrons. The molecular formula is C28H30N6O5S. The molecule has 0 bridgehead atoms. The van der Waals surface area contributed by atoms with Gasteiger partial charge in [0.25, 0.3) is 5.79 Å². The average molecular weight is 563 g/mol. The van der Waals surface area contributed by atoms with Crippen molar-refractivity contribution in [2.45, 2.75) is 33.0 Å². The van der Waals surface area contributed by atoms with Gasteiger partial charge >= 0.3 is 12.0 Å². The number of amides is 2. The quantitative estimate of drug-likeness (QED) is 0.299. The summed E-state index contributed by atoms with van der Waals surface area (Å²) in [5.74, 6) is -1.25. The van der Waals surface area contributed by atoms with Crippen LogP contribution in [0.25, 0.3) is 32.6 Å². The number of hydrogen-bond acceptors (Lipinski definition) is 10. The van der Waals surface area contributed by atoms with Crippen molar-refractivity contribution >= 4 is 38.7 Å². The molecule has 3 aromatic heterocycles. The van der Waals surface area contributed by atoms with Crippen LogP contribution in [0.2, 0.25) is 0 Å². The Morgan fingerprint density at radius 3 is 2.55 bits per heavy atom. The molecule has 11 nitrogen and oxygen atoms in total. The summed E-state index contributed by atoms with van der Waals surface area (Å²) in [7, 11) is 0. The Labute approximate surface area is 235 Å². The molecule has 208 valence electrons. The maximum absolute atomic E-state index is 12.1. The van der Waals surface area contributed by atoms with Gasteiger partial charge in [0, 0.05) is 55.5 Å². The molecule has 1 saturated heterocycles. The number of carbonyl (C=O) groups excluding carboxylic acids is 2. The molecule has 0 aliphatic carbocycles. The van der Waals surface area contributed by atoms with Crippen LogP contribution in [-0.2, 0) is 25.4 Å². The Bertz CT molecular complexity index is 1490. The molecule has 1 aliphatic heterocycles. The highest BCUT2D eigenvalue weighted by Gasteiger charge is 2.42. The van der Waals surface area contributed by atoms with E-state index in [0.29, 0.717) is 37.1 Å². The number of pyridine rings is 1. The number of esters is 1. The number of nitrogens with one attached hydrogen (secondary N) is 2. The van der Waals surface area contributed by atoms with E-state index in [9.17, 15) is 9.59 Å². The van der Waals surface area contributed by atoms with Gasteiger partial charge in [-0.2, -0.15) is 0 Å². The summed E-state index contributed by atoms with van der Waals surface area (Å²) in [6.07, 6.45) is 5.84. The van der Waals surface area contributed by atoms with Gasteiger partial charge in [0.15, 0.2) is 5.13 Å². The van der Waals surface area contributed by atoms with Gasteiger partial charge in [-0.3, -0.25) is 10.3 Å². The highest BCUT2D eigenvalue weighted by atomic mass is 32.1. The number of aromatic nitrogens is 4. The minimum Gasteiger partial charge on any atom is -0.462 e. The summed E-state index contributed by atoms with van der Waals surface area (Å²) in [4.78, 5) is 42.5. The SMILES string of the molecule is CCNC(=O)Nc1nc2cc(-c3cnc(CC4COC(C)(C(=O)OCC)OC4)nc3)cc(-c3ccccn3)c2s1. The van der Waals surface area contributed by atoms with Crippen molar-refractivity contribution in [1.82, 2.24) is 25.3 Å². The number of rotatable bonds is 8. The third-order valence-corrected chi connectivity index (χ3v) is 7.35. The topological polar surface area (TPSA) is 137 Å². The Morgan fingerprint density at radius 2 is 1.88 bits per heavy atom. The lowest BCUT2D eigenvalue weighted by atomic mass is 10.0. The van der Waals surface area contributed by atoms with Gasteiger partial charge in [-0.1, -0.05) is 17.4 Å². The van der Waals surface area contributed by atoms with Crippen molar-refractivity contribution in [3.8, 4) is 22.4 Å². The average Bonchev–Trinajstić information content (AvgIpc) is 3.37. The smallest absolute Gasteiger partial charge is 0.366 e. The number of anilines is 1. The molecule has 0 saturated carbocycles. The highest BCUT2D eigenvalue weighted by Crippen LogP contribution is 2.38. The molecule has 5 rings (SSSR count). The van der Waals surface area contributed by atoms with E-state index >= 15 is 0 Å². The zero-order valence-corrected chi connectivity index (χ0v) is 23.3. The number of carbonyl (C=O) groups is 2. The molecule has 1 aromatic carbocycles. The van der Waals surface area contributed by atoms with Crippen LogP contribution in [0.5, 0.6) is 0 Å². The Kier molecular flexibility index (Phi) is 8.29. The van der Waals surface area contributed by atoms with E-state index in [1.165, 1.54) is 11.3 Å². The third kappa shape index (κ3) is 6.09. The lowest BCUT2D eigenvalue weighted by molar-refractivity contribution is -0.273. The van der Waals surface area contributed by atoms with Gasteiger partial charge in [0.2, 0.25) is 0 Å². The van der Waals surface area contributed by atoms with Gasteiger partial charge in [-0.05, 0) is 43.7 Å². The van der Waals surface area contributed by atoms with Gasteiger partial charge in [0.1, 0.15) is 5.82 Å². The van der Waals surface area contributed by atoms with Gasteiger partial charge in [0.05, 0.1) is 35.7 Å². The second-order valence-electron chi connectivity index (χ2n) is 9.34. The van der Waals surface area contributed by atoms with Crippen molar-refractivity contribution in [2.24, 2.45) is 5.92 Å². The van der Waals surface area contributed by atoms with Crippen LogP contribution in [0.4, 0.5) is 9.93 Å². The zero-order chi connectivity index (χ0) is 28.1. The van der Waals surface area contributed by atoms with E-state index in [1.54, 1.807) is 32.4 Å². The van der Waals surface area contributed by atoms with Crippen LogP contribution in [-0.4, -0.2) is 64.1 Å². The Balaban J connectivity index is 1.36. The first kappa shape index (κ1) is 27.6. The second kappa shape index (κ2) is 12.0. The number of fused-ring (bicyclic) bond motifs is 1. The van der Waals surface area contributed by atoms with Crippen molar-refractivity contribution in [3.63, 3.8) is 0 Å². The first-order valence-corrected chi connectivity index (χ1v) is 13.9. The predicted octanol–water partition coefficient (Wildman–Crippen LogP) is 4.44. The number of urea groups is 1. The molecule has 0 spiro atoms. The van der Waals surface area contributed by atoms with E-state index in [2.05, 4.69) is 30.6 Å². The number of benzene rings is 1. The van der Waals surface area contributed by atoms with Gasteiger partial charge in [-0.25, -0.2) is 24.5 Å². The number of ether oxygens (including phenoxy) is 3. The van der Waals surface area contributed by atoms with Crippen LogP contribution in [0.3, 0.4) is 0 Å². The minimum atomic E-state index is -1.38. The van der Waals surface area contributed by atoms with Crippen molar-refractivity contribution in [2.75, 3.05) is 31.7 Å². The molecule has 0 unspecified atom stereocenters. The fourth-order valence-corrected chi connectivity index (χ4v) is 5.24. The van der Waals surface area contributed by atoms with E-state index in [1.807, 2.05) is 37.3 Å². The fourth-order valence-electron chi connectivity index (χ4n) is 4.28. The maximum atomic E-state index is 12.1. The summed E-state index contributed by atoms with van der Waals surface area (Å²) >= 11 is 1.40. The van der Waals surface area contributed by atoms with E-state index in [0.717, 1.165) is 32.6 Å². The first-order chi connectivity index (χ1) is 19.4. The third-order valence-electron chi connectivity index (χ3n) is 6.33. The summed E-state index contributed by atoms with van der Waals surface area (Å²) in [5, 5.41) is 6.02. The monoisotopic (exact) mass is 562 g/mol. The maximum Gasteiger partial charge on any atom is 0.366 e. The fraction of sp³-hybridized carbons (Fsp3) is 0.357. The molecule has 2 N–H and O–H groups in total. The second-order valence-corrected chi connectivity index (χ2v) is 10.3. The molecule has 1 fully saturated rings. The molecule has 12 heteroatoms. The molecule has 4 heterocycles. The van der Waals surface area contributed by atoms with E-state index in [-0.39, 0.29) is 18.6 Å². The van der Waals surface area contributed by atoms with Crippen molar-refractivity contribution < 1.29 is 23.8 Å². The summed E-state index contributed by atoms with van der Waals surface area (Å²) in [6, 6.07) is 9.43. The standard InChI is InChI=1S/C28H30N6O5S/c1-4-29-26(36)34-27-33-22-12-18(11-20(24(22)40-27)21-8-6-7-9-30-21)19-13-31-23(32-14-19)10-17-15-38-28(3,39-16-17)25(35)37-5-2/h6-9,11-14,17H,4-5,10,15-16H2,1-3H3,(H2,29,33,34,36). The lowest BCUT2D eigenvalue weighted by Crippen LogP contribution is -2.49. The number of thiazole rings is 1. The number of nitrogens with zero attached hydrogens (tertiary/aromatic N) is 4. The molecule has 2 amide bonds. The van der Waals surface area contributed by atoms with Crippen molar-refractivity contribution in [3.05, 3.63) is 54.7 Å². The summed E-state index contributed by atoms with van der Waals surface area (Å²) in [6.45, 7) is 6.62. The first-order valence-electron chi connectivity index (χ1n) is 13.1. The van der Waals surface area contributed by atoms with Gasteiger partial charge in [-0.15, -0.1) is 0 Å². The van der Waals surface area contributed by atoms with Crippen LogP contribution < -0.4 is 10.6 Å². The van der Waals surface area contributed by atoms with E-state index in [4.69, 9.17) is 14.2 Å². The van der Waals surface area contributed by atoms with Crippen LogP contribution in [0.1, 0.15) is 26.6 Å². The zero-order valence-electron chi connectivity index (χ0n) is 22.5. The normalized spacial score (nSPS) is 18.8.